The lowest BCUT2D eigenvalue weighted by Crippen LogP contribution is -2.46. The normalized spacial score (nSPS) is 14.2. The van der Waals surface area contributed by atoms with Gasteiger partial charge in [-0.3, -0.25) is 15.5 Å². The molecule has 1 aromatic rings. The largest absolute Gasteiger partial charge is 0.343 e. The molecule has 3 N–H and O–H groups in total. The molecule has 0 aliphatic carbocycles. The third-order valence-corrected chi connectivity index (χ3v) is 3.19. The molecule has 106 valence electrons. The minimum absolute atomic E-state index is 0.0821. The average Bonchev–Trinajstić information content (AvgIpc) is 2.62. The Morgan fingerprint density at radius 3 is 2.65 bits per heavy atom. The molecule has 1 aliphatic heterocycles. The summed E-state index contributed by atoms with van der Waals surface area (Å²) >= 11 is 11.3. The monoisotopic (exact) mass is 312 g/mol. The van der Waals surface area contributed by atoms with E-state index in [0.717, 1.165) is 16.1 Å². The van der Waals surface area contributed by atoms with Crippen molar-refractivity contribution in [2.24, 2.45) is 0 Å². The van der Waals surface area contributed by atoms with Crippen LogP contribution in [0.25, 0.3) is 0 Å². The van der Waals surface area contributed by atoms with E-state index in [4.69, 9.17) is 23.8 Å². The molecule has 0 unspecified atom stereocenters. The van der Waals surface area contributed by atoms with Crippen molar-refractivity contribution in [3.05, 3.63) is 28.3 Å². The summed E-state index contributed by atoms with van der Waals surface area (Å²) in [6.07, 6.45) is 0. The minimum atomic E-state index is -0.536. The molecule has 0 bridgehead atoms. The smallest absolute Gasteiger partial charge is 0.330 e. The molecular weight excluding hydrogens is 300 g/mol. The first kappa shape index (κ1) is 14.5. The second-order valence-electron chi connectivity index (χ2n) is 4.44. The van der Waals surface area contributed by atoms with Crippen molar-refractivity contribution in [3.63, 3.8) is 0 Å². The van der Waals surface area contributed by atoms with Gasteiger partial charge in [-0.05, 0) is 43.3 Å². The fraction of sp³-hybridized carbons (Fsp3) is 0.250. The number of aryl methyl sites for hydroxylation is 2. The number of hydrogen-bond donors (Lipinski definition) is 3. The molecule has 0 atom stereocenters. The summed E-state index contributed by atoms with van der Waals surface area (Å²) in [4.78, 5) is 22.4. The Morgan fingerprint density at radius 2 is 2.10 bits per heavy atom. The van der Waals surface area contributed by atoms with Crippen molar-refractivity contribution in [2.45, 2.75) is 13.8 Å². The van der Waals surface area contributed by atoms with Gasteiger partial charge in [0.1, 0.15) is 6.54 Å². The van der Waals surface area contributed by atoms with Gasteiger partial charge < -0.3 is 5.32 Å². The van der Waals surface area contributed by atoms with Crippen molar-refractivity contribution in [1.29, 1.82) is 0 Å². The highest BCUT2D eigenvalue weighted by molar-refractivity contribution is 7.80. The van der Waals surface area contributed by atoms with Gasteiger partial charge in [-0.2, -0.15) is 0 Å². The number of nitrogens with zero attached hydrogens (tertiary/aromatic N) is 1. The van der Waals surface area contributed by atoms with Gasteiger partial charge in [0.15, 0.2) is 5.11 Å². The van der Waals surface area contributed by atoms with E-state index in [0.29, 0.717) is 10.7 Å². The van der Waals surface area contributed by atoms with Crippen LogP contribution in [0.5, 0.6) is 0 Å². The van der Waals surface area contributed by atoms with Crippen molar-refractivity contribution < 1.29 is 9.59 Å². The lowest BCUT2D eigenvalue weighted by atomic mass is 10.1. The predicted molar refractivity (Wildman–Crippen MR) is 80.5 cm³/mol. The molecule has 3 amide bonds. The fourth-order valence-electron chi connectivity index (χ4n) is 1.87. The summed E-state index contributed by atoms with van der Waals surface area (Å²) in [5, 5.41) is 6.87. The number of anilines is 1. The van der Waals surface area contributed by atoms with Gasteiger partial charge in [0.2, 0.25) is 5.91 Å². The van der Waals surface area contributed by atoms with E-state index in [-0.39, 0.29) is 17.6 Å². The summed E-state index contributed by atoms with van der Waals surface area (Å²) in [6.45, 7) is 3.76. The number of imide groups is 1. The standard InChI is InChI=1S/C12H13ClN4O2S/c1-6-3-7(2)10(8(13)4-6)15-11(20)16-17-5-9(18)14-12(17)19/h3-4H,5H2,1-2H3,(H,14,18,19)(H2,15,16,20). The molecule has 1 heterocycles. The van der Waals surface area contributed by atoms with Crippen LogP contribution in [0.15, 0.2) is 12.1 Å². The topological polar surface area (TPSA) is 73.5 Å². The van der Waals surface area contributed by atoms with Crippen LogP contribution in [0.2, 0.25) is 5.02 Å². The molecule has 8 heteroatoms. The SMILES string of the molecule is Cc1cc(C)c(NC(=S)NN2CC(=O)NC2=O)c(Cl)c1. The Balaban J connectivity index is 2.05. The van der Waals surface area contributed by atoms with Gasteiger partial charge in [-0.1, -0.05) is 17.7 Å². The maximum absolute atomic E-state index is 11.4. The number of halogens is 1. The van der Waals surface area contributed by atoms with E-state index < -0.39 is 6.03 Å². The van der Waals surface area contributed by atoms with Crippen LogP contribution in [-0.2, 0) is 4.79 Å². The third kappa shape index (κ3) is 3.17. The Hall–Kier alpha value is -1.86. The van der Waals surface area contributed by atoms with E-state index in [1.807, 2.05) is 26.0 Å². The number of carbonyl (C=O) groups is 2. The van der Waals surface area contributed by atoms with E-state index in [1.165, 1.54) is 0 Å². The van der Waals surface area contributed by atoms with Crippen LogP contribution in [0, 0.1) is 13.8 Å². The molecule has 1 saturated heterocycles. The van der Waals surface area contributed by atoms with Crippen LogP contribution >= 0.6 is 23.8 Å². The lowest BCUT2D eigenvalue weighted by Gasteiger charge is -2.19. The number of nitrogens with one attached hydrogen (secondary N) is 3. The lowest BCUT2D eigenvalue weighted by molar-refractivity contribution is -0.118. The van der Waals surface area contributed by atoms with Crippen molar-refractivity contribution >= 4 is 46.6 Å². The predicted octanol–water partition coefficient (Wildman–Crippen LogP) is 1.71. The Bertz CT molecular complexity index is 582. The number of benzene rings is 1. The van der Waals surface area contributed by atoms with Crippen LogP contribution < -0.4 is 16.1 Å². The van der Waals surface area contributed by atoms with E-state index in [2.05, 4.69) is 16.1 Å². The van der Waals surface area contributed by atoms with Crippen molar-refractivity contribution in [1.82, 2.24) is 15.8 Å². The summed E-state index contributed by atoms with van der Waals surface area (Å²) in [6, 6.07) is 3.24. The van der Waals surface area contributed by atoms with Crippen LogP contribution in [0.3, 0.4) is 0 Å². The van der Waals surface area contributed by atoms with Gasteiger partial charge >= 0.3 is 6.03 Å². The minimum Gasteiger partial charge on any atom is -0.330 e. The molecule has 2 rings (SSSR count). The summed E-state index contributed by atoms with van der Waals surface area (Å²) in [7, 11) is 0. The first-order valence-corrected chi connectivity index (χ1v) is 6.61. The summed E-state index contributed by atoms with van der Waals surface area (Å²) in [5.74, 6) is -0.380. The number of carbonyl (C=O) groups excluding carboxylic acids is 2. The number of amides is 3. The molecule has 0 saturated carbocycles. The highest BCUT2D eigenvalue weighted by atomic mass is 35.5. The Kier molecular flexibility index (Phi) is 4.10. The maximum Gasteiger partial charge on any atom is 0.343 e. The highest BCUT2D eigenvalue weighted by Gasteiger charge is 2.27. The van der Waals surface area contributed by atoms with Gasteiger partial charge in [-0.15, -0.1) is 0 Å². The highest BCUT2D eigenvalue weighted by Crippen LogP contribution is 2.27. The Morgan fingerprint density at radius 1 is 1.40 bits per heavy atom. The van der Waals surface area contributed by atoms with Crippen LogP contribution in [0.1, 0.15) is 11.1 Å². The third-order valence-electron chi connectivity index (χ3n) is 2.70. The Labute approximate surface area is 126 Å². The van der Waals surface area contributed by atoms with Crippen molar-refractivity contribution in [2.75, 3.05) is 11.9 Å². The number of hydrazine groups is 1. The molecule has 0 aromatic heterocycles. The number of rotatable bonds is 2. The van der Waals surface area contributed by atoms with Gasteiger partial charge in [-0.25, -0.2) is 9.80 Å². The zero-order valence-corrected chi connectivity index (χ0v) is 12.5. The first-order chi connectivity index (χ1) is 9.36. The van der Waals surface area contributed by atoms with Gasteiger partial charge in [0, 0.05) is 0 Å². The maximum atomic E-state index is 11.4. The molecular formula is C12H13ClN4O2S. The molecule has 6 nitrogen and oxygen atoms in total. The number of hydrogen-bond acceptors (Lipinski definition) is 3. The molecule has 1 aliphatic rings. The quantitative estimate of drug-likeness (QED) is 0.573. The number of thiocarbonyl (C=S) groups is 1. The van der Waals surface area contributed by atoms with Crippen LogP contribution in [-0.4, -0.2) is 28.6 Å². The molecule has 1 aromatic carbocycles. The van der Waals surface area contributed by atoms with Crippen molar-refractivity contribution in [3.8, 4) is 0 Å². The first-order valence-electron chi connectivity index (χ1n) is 5.82. The van der Waals surface area contributed by atoms with Gasteiger partial charge in [0.25, 0.3) is 0 Å². The number of urea groups is 1. The molecule has 1 fully saturated rings. The molecule has 0 spiro atoms. The fourth-order valence-corrected chi connectivity index (χ4v) is 2.45. The zero-order chi connectivity index (χ0) is 14.9. The van der Waals surface area contributed by atoms with Gasteiger partial charge in [0.05, 0.1) is 10.7 Å². The van der Waals surface area contributed by atoms with E-state index in [1.54, 1.807) is 0 Å². The summed E-state index contributed by atoms with van der Waals surface area (Å²) in [5.41, 5.74) is 5.28. The second kappa shape index (κ2) is 5.64. The average molecular weight is 313 g/mol. The molecule has 20 heavy (non-hydrogen) atoms. The molecule has 0 radical (unpaired) electrons. The van der Waals surface area contributed by atoms with E-state index in [9.17, 15) is 9.59 Å². The van der Waals surface area contributed by atoms with E-state index >= 15 is 0 Å². The summed E-state index contributed by atoms with van der Waals surface area (Å²) < 4.78 is 0. The van der Waals surface area contributed by atoms with Crippen LogP contribution in [0.4, 0.5) is 10.5 Å². The zero-order valence-electron chi connectivity index (χ0n) is 10.9. The second-order valence-corrected chi connectivity index (χ2v) is 5.26.